The molecule has 1 aliphatic heterocycles. The van der Waals surface area contributed by atoms with Crippen molar-refractivity contribution >= 4 is 21.6 Å². The van der Waals surface area contributed by atoms with Gasteiger partial charge in [0.25, 0.3) is 0 Å². The van der Waals surface area contributed by atoms with Gasteiger partial charge in [-0.25, -0.2) is 13.2 Å². The molecule has 0 saturated carbocycles. The molecule has 7 heteroatoms. The van der Waals surface area contributed by atoms with Crippen molar-refractivity contribution in [2.75, 3.05) is 18.6 Å². The van der Waals surface area contributed by atoms with Gasteiger partial charge in [0.2, 0.25) is 0 Å². The van der Waals surface area contributed by atoms with Crippen LogP contribution in [0.15, 0.2) is 18.2 Å². The average molecular weight is 297 g/mol. The SMILES string of the molecule is CC(C(N)c1ccc2c(c1)CN(C)C(=O)N2)S(C)(=O)=O. The third-order valence-electron chi connectivity index (χ3n) is 3.69. The lowest BCUT2D eigenvalue weighted by atomic mass is 10.00. The van der Waals surface area contributed by atoms with Crippen LogP contribution in [0, 0.1) is 0 Å². The van der Waals surface area contributed by atoms with Gasteiger partial charge in [0.1, 0.15) is 0 Å². The van der Waals surface area contributed by atoms with E-state index in [1.54, 1.807) is 31.0 Å². The van der Waals surface area contributed by atoms with E-state index in [0.29, 0.717) is 6.54 Å². The number of nitrogens with two attached hydrogens (primary N) is 1. The molecule has 2 atom stereocenters. The normalized spacial score (nSPS) is 18.2. The Morgan fingerprint density at radius 1 is 1.40 bits per heavy atom. The first kappa shape index (κ1) is 14.8. The van der Waals surface area contributed by atoms with Crippen LogP contribution in [0.5, 0.6) is 0 Å². The smallest absolute Gasteiger partial charge is 0.321 e. The molecule has 2 unspecified atom stereocenters. The van der Waals surface area contributed by atoms with Crippen molar-refractivity contribution in [1.29, 1.82) is 0 Å². The minimum Gasteiger partial charge on any atom is -0.323 e. The molecule has 0 fully saturated rings. The number of amides is 2. The first-order valence-electron chi connectivity index (χ1n) is 6.29. The zero-order chi connectivity index (χ0) is 15.1. The van der Waals surface area contributed by atoms with Crippen molar-refractivity contribution in [1.82, 2.24) is 4.90 Å². The Morgan fingerprint density at radius 3 is 2.65 bits per heavy atom. The van der Waals surface area contributed by atoms with Crippen molar-refractivity contribution in [2.24, 2.45) is 5.73 Å². The predicted octanol–water partition coefficient (Wildman–Crippen LogP) is 1.10. The second-order valence-electron chi connectivity index (χ2n) is 5.26. The molecule has 2 amide bonds. The van der Waals surface area contributed by atoms with Crippen molar-refractivity contribution < 1.29 is 13.2 Å². The van der Waals surface area contributed by atoms with Gasteiger partial charge < -0.3 is 16.0 Å². The first-order valence-corrected chi connectivity index (χ1v) is 8.25. The molecule has 110 valence electrons. The quantitative estimate of drug-likeness (QED) is 0.873. The fourth-order valence-electron chi connectivity index (χ4n) is 2.15. The van der Waals surface area contributed by atoms with Gasteiger partial charge in [0.15, 0.2) is 9.84 Å². The number of nitrogens with one attached hydrogen (secondary N) is 1. The van der Waals surface area contributed by atoms with Gasteiger partial charge in [-0.2, -0.15) is 0 Å². The summed E-state index contributed by atoms with van der Waals surface area (Å²) in [6.07, 6.45) is 1.18. The molecule has 0 spiro atoms. The van der Waals surface area contributed by atoms with Gasteiger partial charge in [0.05, 0.1) is 5.25 Å². The number of hydrogen-bond acceptors (Lipinski definition) is 4. The molecular weight excluding hydrogens is 278 g/mol. The lowest BCUT2D eigenvalue weighted by Gasteiger charge is -2.27. The predicted molar refractivity (Wildman–Crippen MR) is 78.2 cm³/mol. The topological polar surface area (TPSA) is 92.5 Å². The molecular formula is C13H19N3O3S. The third-order valence-corrected chi connectivity index (χ3v) is 5.33. The highest BCUT2D eigenvalue weighted by molar-refractivity contribution is 7.91. The first-order chi connectivity index (χ1) is 9.20. The van der Waals surface area contributed by atoms with Crippen molar-refractivity contribution in [3.8, 4) is 0 Å². The monoisotopic (exact) mass is 297 g/mol. The molecule has 1 aliphatic rings. The maximum absolute atomic E-state index is 11.6. The molecule has 6 nitrogen and oxygen atoms in total. The molecule has 0 radical (unpaired) electrons. The number of fused-ring (bicyclic) bond motifs is 1. The fraction of sp³-hybridized carbons (Fsp3) is 0.462. The van der Waals surface area contributed by atoms with Crippen molar-refractivity contribution in [3.05, 3.63) is 29.3 Å². The maximum atomic E-state index is 11.6. The number of urea groups is 1. The minimum atomic E-state index is -3.20. The second kappa shape index (κ2) is 5.06. The van der Waals surface area contributed by atoms with Crippen molar-refractivity contribution in [2.45, 2.75) is 24.8 Å². The molecule has 1 heterocycles. The molecule has 20 heavy (non-hydrogen) atoms. The summed E-state index contributed by atoms with van der Waals surface area (Å²) in [5.74, 6) is 0. The number of carbonyl (C=O) groups excluding carboxylic acids is 1. The summed E-state index contributed by atoms with van der Waals surface area (Å²) in [4.78, 5) is 13.1. The average Bonchev–Trinajstić information content (AvgIpc) is 2.37. The molecule has 1 aromatic rings. The maximum Gasteiger partial charge on any atom is 0.321 e. The standard InChI is InChI=1S/C13H19N3O3S/c1-8(20(3,18)19)12(14)9-4-5-11-10(6-9)7-16(2)13(17)15-11/h4-6,8,12H,7,14H2,1-3H3,(H,15,17). The molecule has 3 N–H and O–H groups in total. The van der Waals surface area contributed by atoms with E-state index in [1.165, 1.54) is 6.26 Å². The van der Waals surface area contributed by atoms with Crippen LogP contribution in [0.4, 0.5) is 10.5 Å². The van der Waals surface area contributed by atoms with E-state index in [0.717, 1.165) is 16.8 Å². The number of nitrogens with zero attached hydrogens (tertiary/aromatic N) is 1. The van der Waals surface area contributed by atoms with Crippen molar-refractivity contribution in [3.63, 3.8) is 0 Å². The molecule has 0 bridgehead atoms. The van der Waals surface area contributed by atoms with Gasteiger partial charge >= 0.3 is 6.03 Å². The number of sulfone groups is 1. The number of anilines is 1. The highest BCUT2D eigenvalue weighted by Crippen LogP contribution is 2.27. The Bertz CT molecular complexity index is 642. The van der Waals surface area contributed by atoms with Gasteiger partial charge in [-0.1, -0.05) is 12.1 Å². The van der Waals surface area contributed by atoms with Gasteiger partial charge in [-0.15, -0.1) is 0 Å². The van der Waals surface area contributed by atoms with E-state index in [2.05, 4.69) is 5.32 Å². The summed E-state index contributed by atoms with van der Waals surface area (Å²) in [6, 6.07) is 4.65. The van der Waals surface area contributed by atoms with Crippen LogP contribution in [0.25, 0.3) is 0 Å². The van der Waals surface area contributed by atoms with Crippen LogP contribution < -0.4 is 11.1 Å². The van der Waals surface area contributed by atoms with E-state index in [-0.39, 0.29) is 6.03 Å². The Hall–Kier alpha value is -1.60. The second-order valence-corrected chi connectivity index (χ2v) is 7.67. The Labute approximate surface area is 118 Å². The van der Waals surface area contributed by atoms with Gasteiger partial charge in [-0.05, 0) is 24.1 Å². The highest BCUT2D eigenvalue weighted by atomic mass is 32.2. The number of hydrogen-bond donors (Lipinski definition) is 2. The van der Waals surface area contributed by atoms with Gasteiger partial charge in [0, 0.05) is 31.6 Å². The van der Waals surface area contributed by atoms with E-state index < -0.39 is 21.1 Å². The molecule has 0 aliphatic carbocycles. The van der Waals surface area contributed by atoms with Crippen LogP contribution in [-0.4, -0.2) is 37.9 Å². The molecule has 1 aromatic carbocycles. The van der Waals surface area contributed by atoms with Crippen LogP contribution in [0.1, 0.15) is 24.1 Å². The van der Waals surface area contributed by atoms with Crippen LogP contribution >= 0.6 is 0 Å². The Balaban J connectivity index is 2.32. The number of benzene rings is 1. The van der Waals surface area contributed by atoms with Crippen LogP contribution in [-0.2, 0) is 16.4 Å². The number of rotatable bonds is 3. The Kier molecular flexibility index (Phi) is 3.75. The summed E-state index contributed by atoms with van der Waals surface area (Å²) >= 11 is 0. The highest BCUT2D eigenvalue weighted by Gasteiger charge is 2.26. The van der Waals surface area contributed by atoms with Crippen LogP contribution in [0.3, 0.4) is 0 Å². The molecule has 0 saturated heterocycles. The summed E-state index contributed by atoms with van der Waals surface area (Å²) < 4.78 is 23.2. The lowest BCUT2D eigenvalue weighted by Crippen LogP contribution is -2.36. The summed E-state index contributed by atoms with van der Waals surface area (Å²) in [5, 5.41) is 2.11. The summed E-state index contributed by atoms with van der Waals surface area (Å²) in [5.41, 5.74) is 8.47. The number of carbonyl (C=O) groups is 1. The molecule has 2 rings (SSSR count). The van der Waals surface area contributed by atoms with E-state index >= 15 is 0 Å². The molecule has 0 aromatic heterocycles. The third kappa shape index (κ3) is 2.78. The zero-order valence-corrected chi connectivity index (χ0v) is 12.6. The summed E-state index contributed by atoms with van der Waals surface area (Å²) in [7, 11) is -1.50. The van der Waals surface area contributed by atoms with E-state index in [9.17, 15) is 13.2 Å². The van der Waals surface area contributed by atoms with E-state index in [1.807, 2.05) is 6.07 Å². The largest absolute Gasteiger partial charge is 0.323 e. The minimum absolute atomic E-state index is 0.154. The van der Waals surface area contributed by atoms with Crippen LogP contribution in [0.2, 0.25) is 0 Å². The fourth-order valence-corrected chi connectivity index (χ4v) is 2.84. The zero-order valence-electron chi connectivity index (χ0n) is 11.8. The lowest BCUT2D eigenvalue weighted by molar-refractivity contribution is 0.218. The van der Waals surface area contributed by atoms with Gasteiger partial charge in [-0.3, -0.25) is 0 Å². The van der Waals surface area contributed by atoms with E-state index in [4.69, 9.17) is 5.73 Å². The summed E-state index contributed by atoms with van der Waals surface area (Å²) in [6.45, 7) is 2.09. The Morgan fingerprint density at radius 2 is 2.05 bits per heavy atom.